The van der Waals surface area contributed by atoms with Gasteiger partial charge in [0.25, 0.3) is 11.8 Å². The Morgan fingerprint density at radius 3 is 2.88 bits per heavy atom. The fraction of sp³-hybridized carbons (Fsp3) is 0.400. The van der Waals surface area contributed by atoms with Crippen molar-refractivity contribution in [3.05, 3.63) is 65.9 Å². The molecule has 2 aromatic heterocycles. The number of halogens is 1. The summed E-state index contributed by atoms with van der Waals surface area (Å²) in [4.78, 5) is 30.1. The number of carbonyl (C=O) groups excluding carboxylic acids is 2. The van der Waals surface area contributed by atoms with E-state index in [9.17, 15) is 19.1 Å². The fourth-order valence-electron chi connectivity index (χ4n) is 5.47. The first-order valence-electron chi connectivity index (χ1n) is 11.3. The van der Waals surface area contributed by atoms with Crippen LogP contribution in [-0.4, -0.2) is 37.4 Å². The van der Waals surface area contributed by atoms with Crippen LogP contribution in [0.2, 0.25) is 0 Å². The van der Waals surface area contributed by atoms with E-state index in [2.05, 4.69) is 22.5 Å². The van der Waals surface area contributed by atoms with Crippen molar-refractivity contribution in [3.63, 3.8) is 0 Å². The molecule has 2 fully saturated rings. The maximum atomic E-state index is 14.5. The Balaban J connectivity index is 1.36. The number of aliphatic hydroxyl groups is 1. The second-order valence-electron chi connectivity index (χ2n) is 9.70. The number of nitrogens with zero attached hydrogens (tertiary/aromatic N) is 2. The summed E-state index contributed by atoms with van der Waals surface area (Å²) in [5.74, 6) is -1.10. The molecule has 3 aromatic rings. The zero-order chi connectivity index (χ0) is 23.2. The normalized spacial score (nSPS) is 26.7. The molecular formula is C25H27FN4O3. The van der Waals surface area contributed by atoms with Gasteiger partial charge in [0.1, 0.15) is 17.2 Å². The topological polar surface area (TPSA) is 95.7 Å². The summed E-state index contributed by atoms with van der Waals surface area (Å²) in [7, 11) is 0. The maximum absolute atomic E-state index is 14.5. The first kappa shape index (κ1) is 21.6. The lowest BCUT2D eigenvalue weighted by Crippen LogP contribution is -2.48. The van der Waals surface area contributed by atoms with Gasteiger partial charge in [-0.05, 0) is 74.8 Å². The molecule has 2 aliphatic rings. The van der Waals surface area contributed by atoms with Crippen LogP contribution >= 0.6 is 0 Å². The van der Waals surface area contributed by atoms with Crippen LogP contribution in [0.5, 0.6) is 0 Å². The van der Waals surface area contributed by atoms with Crippen LogP contribution in [0.3, 0.4) is 0 Å². The number of fused-ring (bicyclic) bond motifs is 3. The third-order valence-corrected chi connectivity index (χ3v) is 7.08. The standard InChI is InChI=1S/C25H27FN4O3/c1-16-7-8-25(33)10-9-24(13-16,15-25)29-22(31)17-5-6-18(26)19(12-17)28-23(32)20-14-27-21-4-2-3-11-30(20)21/h2-6,11-12,14,16,33H,7-10,13,15H2,1H3,(H,28,32)(H,29,31)/t16-,24?,25?/m1/s1. The second kappa shape index (κ2) is 7.95. The Morgan fingerprint density at radius 2 is 2.03 bits per heavy atom. The quantitative estimate of drug-likeness (QED) is 0.561. The molecule has 3 atom stereocenters. The van der Waals surface area contributed by atoms with Crippen LogP contribution in [0.1, 0.15) is 66.3 Å². The van der Waals surface area contributed by atoms with E-state index in [0.29, 0.717) is 24.4 Å². The molecule has 2 aliphatic carbocycles. The van der Waals surface area contributed by atoms with Crippen LogP contribution in [-0.2, 0) is 0 Å². The summed E-state index contributed by atoms with van der Waals surface area (Å²) in [6.07, 6.45) is 7.55. The van der Waals surface area contributed by atoms with Crippen molar-refractivity contribution in [2.45, 2.75) is 56.6 Å². The number of benzene rings is 1. The van der Waals surface area contributed by atoms with Gasteiger partial charge in [-0.2, -0.15) is 0 Å². The summed E-state index contributed by atoms with van der Waals surface area (Å²) in [5, 5.41) is 16.6. The van der Waals surface area contributed by atoms with Crippen LogP contribution < -0.4 is 10.6 Å². The number of pyridine rings is 1. The van der Waals surface area contributed by atoms with E-state index < -0.39 is 22.9 Å². The summed E-state index contributed by atoms with van der Waals surface area (Å²) >= 11 is 0. The van der Waals surface area contributed by atoms with Crippen molar-refractivity contribution in [2.75, 3.05) is 5.32 Å². The molecule has 7 nitrogen and oxygen atoms in total. The molecule has 172 valence electrons. The van der Waals surface area contributed by atoms with Crippen molar-refractivity contribution in [3.8, 4) is 0 Å². The van der Waals surface area contributed by atoms with Gasteiger partial charge >= 0.3 is 0 Å². The van der Waals surface area contributed by atoms with E-state index in [0.717, 1.165) is 25.7 Å². The number of amides is 2. The number of imidazole rings is 1. The van der Waals surface area contributed by atoms with Gasteiger partial charge in [-0.15, -0.1) is 0 Å². The zero-order valence-corrected chi connectivity index (χ0v) is 18.5. The van der Waals surface area contributed by atoms with E-state index in [1.54, 1.807) is 22.7 Å². The van der Waals surface area contributed by atoms with Gasteiger partial charge < -0.3 is 15.7 Å². The highest BCUT2D eigenvalue weighted by molar-refractivity contribution is 6.04. The van der Waals surface area contributed by atoms with Crippen molar-refractivity contribution < 1.29 is 19.1 Å². The van der Waals surface area contributed by atoms with Crippen LogP contribution in [0.15, 0.2) is 48.8 Å². The Kier molecular flexibility index (Phi) is 5.20. The van der Waals surface area contributed by atoms with Gasteiger partial charge in [0.05, 0.1) is 17.5 Å². The minimum absolute atomic E-state index is 0.0757. The molecule has 0 spiro atoms. The van der Waals surface area contributed by atoms with Crippen LogP contribution in [0.4, 0.5) is 10.1 Å². The Morgan fingerprint density at radius 1 is 1.18 bits per heavy atom. The molecule has 2 bridgehead atoms. The molecule has 0 radical (unpaired) electrons. The third kappa shape index (κ3) is 4.11. The van der Waals surface area contributed by atoms with Crippen molar-refractivity contribution in [1.82, 2.24) is 14.7 Å². The largest absolute Gasteiger partial charge is 0.390 e. The molecule has 3 N–H and O–H groups in total. The van der Waals surface area contributed by atoms with E-state index in [4.69, 9.17) is 0 Å². The molecule has 0 saturated heterocycles. The highest BCUT2D eigenvalue weighted by atomic mass is 19.1. The second-order valence-corrected chi connectivity index (χ2v) is 9.70. The average Bonchev–Trinajstić information content (AvgIpc) is 3.32. The van der Waals surface area contributed by atoms with Crippen molar-refractivity contribution in [1.29, 1.82) is 0 Å². The molecular weight excluding hydrogens is 423 g/mol. The van der Waals surface area contributed by atoms with Crippen LogP contribution in [0.25, 0.3) is 5.65 Å². The molecule has 2 saturated carbocycles. The minimum Gasteiger partial charge on any atom is -0.390 e. The fourth-order valence-corrected chi connectivity index (χ4v) is 5.47. The Hall–Kier alpha value is -3.26. The molecule has 8 heteroatoms. The number of hydrogen-bond acceptors (Lipinski definition) is 4. The first-order chi connectivity index (χ1) is 15.8. The van der Waals surface area contributed by atoms with Crippen molar-refractivity contribution in [2.24, 2.45) is 5.92 Å². The van der Waals surface area contributed by atoms with E-state index in [-0.39, 0.29) is 22.9 Å². The van der Waals surface area contributed by atoms with Gasteiger partial charge in [0, 0.05) is 17.3 Å². The lowest BCUT2D eigenvalue weighted by atomic mass is 9.86. The van der Waals surface area contributed by atoms with Gasteiger partial charge in [-0.25, -0.2) is 9.37 Å². The monoisotopic (exact) mass is 450 g/mol. The molecule has 1 aromatic carbocycles. The van der Waals surface area contributed by atoms with E-state index in [1.165, 1.54) is 24.4 Å². The number of aromatic nitrogens is 2. The lowest BCUT2D eigenvalue weighted by molar-refractivity contribution is 0.0334. The van der Waals surface area contributed by atoms with Crippen LogP contribution in [0, 0.1) is 11.7 Å². The maximum Gasteiger partial charge on any atom is 0.274 e. The van der Waals surface area contributed by atoms with Gasteiger partial charge in [-0.1, -0.05) is 13.0 Å². The minimum atomic E-state index is -0.728. The number of rotatable bonds is 4. The predicted molar refractivity (Wildman–Crippen MR) is 122 cm³/mol. The van der Waals surface area contributed by atoms with Gasteiger partial charge in [-0.3, -0.25) is 14.0 Å². The number of nitrogens with one attached hydrogen (secondary N) is 2. The summed E-state index contributed by atoms with van der Waals surface area (Å²) < 4.78 is 16.1. The third-order valence-electron chi connectivity index (χ3n) is 7.08. The van der Waals surface area contributed by atoms with Gasteiger partial charge in [0.15, 0.2) is 0 Å². The summed E-state index contributed by atoms with van der Waals surface area (Å²) in [6, 6.07) is 9.29. The Bertz CT molecular complexity index is 1240. The van der Waals surface area contributed by atoms with Gasteiger partial charge in [0.2, 0.25) is 0 Å². The zero-order valence-electron chi connectivity index (χ0n) is 18.5. The van der Waals surface area contributed by atoms with E-state index >= 15 is 0 Å². The smallest absolute Gasteiger partial charge is 0.274 e. The number of anilines is 1. The number of hydrogen-bond donors (Lipinski definition) is 3. The summed E-state index contributed by atoms with van der Waals surface area (Å²) in [6.45, 7) is 2.14. The first-order valence-corrected chi connectivity index (χ1v) is 11.3. The molecule has 0 aliphatic heterocycles. The summed E-state index contributed by atoms with van der Waals surface area (Å²) in [5.41, 5.74) is -0.148. The Labute approximate surface area is 191 Å². The highest BCUT2D eigenvalue weighted by Crippen LogP contribution is 2.48. The lowest BCUT2D eigenvalue weighted by Gasteiger charge is -2.32. The number of carbonyl (C=O) groups is 2. The SMILES string of the molecule is C[C@@H]1CCC2(O)CCC(NC(=O)c3ccc(F)c(NC(=O)c4cnc5ccccn45)c3)(C1)C2. The molecule has 2 unspecified atom stereocenters. The molecule has 5 rings (SSSR count). The molecule has 33 heavy (non-hydrogen) atoms. The average molecular weight is 451 g/mol. The van der Waals surface area contributed by atoms with E-state index in [1.807, 2.05) is 6.07 Å². The predicted octanol–water partition coefficient (Wildman–Crippen LogP) is 3.93. The highest BCUT2D eigenvalue weighted by Gasteiger charge is 2.50. The molecule has 2 heterocycles. The molecule has 2 amide bonds. The van der Waals surface area contributed by atoms with Crippen molar-refractivity contribution >= 4 is 23.1 Å².